The molecule has 12 nitrogen and oxygen atoms in total. The number of likely N-dealkylation sites (N-methyl/N-ethyl adjacent to an activating group) is 1. The molecule has 0 bridgehead atoms. The number of carboxylic acid groups (broad SMARTS) is 1. The van der Waals surface area contributed by atoms with Gasteiger partial charge in [-0.25, -0.2) is 4.79 Å². The van der Waals surface area contributed by atoms with Crippen molar-refractivity contribution < 1.29 is 43.0 Å². The number of benzene rings is 2. The normalized spacial score (nSPS) is 17.9. The number of alkyl carbamates (subject to hydrolysis) is 1. The average molecular weight is 699 g/mol. The van der Waals surface area contributed by atoms with Crippen LogP contribution in [0.2, 0.25) is 0 Å². The third kappa shape index (κ3) is 10.2. The highest BCUT2D eigenvalue weighted by Crippen LogP contribution is 2.40. The molecule has 0 aromatic heterocycles. The topological polar surface area (TPSA) is 154 Å². The van der Waals surface area contributed by atoms with Gasteiger partial charge in [-0.1, -0.05) is 36.4 Å². The number of allylic oxidation sites excluding steroid dienone is 1. The lowest BCUT2D eigenvalue weighted by Gasteiger charge is -2.50. The molecule has 258 valence electrons. The highest BCUT2D eigenvalue weighted by atomic mass is 32.2. The van der Waals surface area contributed by atoms with E-state index >= 15 is 0 Å². The second-order valence-electron chi connectivity index (χ2n) is 13.1. The van der Waals surface area contributed by atoms with Crippen molar-refractivity contribution in [1.82, 2.24) is 15.5 Å². The van der Waals surface area contributed by atoms with Gasteiger partial charge in [0.2, 0.25) is 5.91 Å². The van der Waals surface area contributed by atoms with Gasteiger partial charge in [-0.05, 0) is 55.3 Å². The monoisotopic (exact) mass is 698 g/mol. The van der Waals surface area contributed by atoms with Crippen molar-refractivity contribution in [2.24, 2.45) is 0 Å². The largest absolute Gasteiger partial charge is 0.543 e. The molecule has 14 heteroatoms. The Morgan fingerprint density at radius 3 is 2.56 bits per heavy atom. The zero-order valence-electron chi connectivity index (χ0n) is 27.8. The van der Waals surface area contributed by atoms with Crippen LogP contribution in [0.4, 0.5) is 4.79 Å². The van der Waals surface area contributed by atoms with Crippen molar-refractivity contribution in [2.75, 3.05) is 51.8 Å². The van der Waals surface area contributed by atoms with E-state index in [2.05, 4.69) is 10.6 Å². The van der Waals surface area contributed by atoms with Gasteiger partial charge in [0.15, 0.2) is 0 Å². The number of hydrogen-bond donors (Lipinski definition) is 2. The molecule has 0 saturated carbocycles. The number of hydrogen-bond acceptors (Lipinski definition) is 10. The lowest BCUT2D eigenvalue weighted by atomic mass is 10.0. The van der Waals surface area contributed by atoms with Crippen LogP contribution in [0, 0.1) is 0 Å². The molecule has 2 aliphatic heterocycles. The van der Waals surface area contributed by atoms with Gasteiger partial charge in [0.1, 0.15) is 23.6 Å². The molecule has 0 unspecified atom stereocenters. The van der Waals surface area contributed by atoms with E-state index in [0.717, 1.165) is 15.7 Å². The van der Waals surface area contributed by atoms with Crippen molar-refractivity contribution in [1.29, 1.82) is 0 Å². The molecule has 4 rings (SSSR count). The van der Waals surface area contributed by atoms with Crippen LogP contribution in [0.3, 0.4) is 0 Å². The number of aliphatic carboxylic acids is 1. The first-order chi connectivity index (χ1) is 22.6. The Bertz CT molecular complexity index is 1620. The van der Waals surface area contributed by atoms with Gasteiger partial charge < -0.3 is 34.5 Å². The van der Waals surface area contributed by atoms with E-state index in [0.29, 0.717) is 35.3 Å². The molecule has 2 aliphatic rings. The smallest absolute Gasteiger partial charge is 0.408 e. The molecule has 0 radical (unpaired) electrons. The number of carbonyl (C=O) groups excluding carboxylic acids is 5. The summed E-state index contributed by atoms with van der Waals surface area (Å²) in [7, 11) is 3.97. The maximum Gasteiger partial charge on any atom is 0.408 e. The van der Waals surface area contributed by atoms with Crippen molar-refractivity contribution in [2.45, 2.75) is 49.1 Å². The fourth-order valence-electron chi connectivity index (χ4n) is 5.14. The van der Waals surface area contributed by atoms with Crippen LogP contribution < -0.4 is 15.7 Å². The lowest BCUT2D eigenvalue weighted by molar-refractivity contribution is -0.884. The number of ether oxygens (including phenoxy) is 2. The number of esters is 1. The van der Waals surface area contributed by atoms with Crippen molar-refractivity contribution >= 4 is 64.1 Å². The number of nitrogens with one attached hydrogen (secondary N) is 2. The minimum absolute atomic E-state index is 0.123. The summed E-state index contributed by atoms with van der Waals surface area (Å²) in [6.07, 6.45) is 3.43. The second-order valence-corrected chi connectivity index (χ2v) is 15.2. The van der Waals surface area contributed by atoms with Gasteiger partial charge in [-0.15, -0.1) is 23.5 Å². The fraction of sp³-hybridized carbons (Fsp3) is 0.441. The van der Waals surface area contributed by atoms with Crippen LogP contribution in [0.1, 0.15) is 27.2 Å². The Morgan fingerprint density at radius 1 is 1.12 bits per heavy atom. The van der Waals surface area contributed by atoms with Crippen molar-refractivity contribution in [3.63, 3.8) is 0 Å². The number of β-lactam (4-membered cyclic amide) rings is 1. The van der Waals surface area contributed by atoms with Gasteiger partial charge in [0.25, 0.3) is 5.91 Å². The summed E-state index contributed by atoms with van der Waals surface area (Å²) in [4.78, 5) is 63.7. The number of amides is 3. The van der Waals surface area contributed by atoms with Crippen LogP contribution in [0.25, 0.3) is 10.8 Å². The number of fused-ring (bicyclic) bond motifs is 2. The van der Waals surface area contributed by atoms with Crippen LogP contribution in [0.5, 0.6) is 0 Å². The predicted octanol–water partition coefficient (Wildman–Crippen LogP) is 2.43. The first-order valence-electron chi connectivity index (χ1n) is 15.5. The van der Waals surface area contributed by atoms with Gasteiger partial charge in [-0.3, -0.25) is 19.3 Å². The van der Waals surface area contributed by atoms with Crippen LogP contribution >= 0.6 is 23.5 Å². The van der Waals surface area contributed by atoms with E-state index in [1.54, 1.807) is 26.8 Å². The SMILES string of the molecule is CC(C)(C)OC(=O)NCC(=O)OCCC[N+](C)(C)CC=CC1=C(C(=O)[O-])N2C(=O)[C@@H](NC(=O)CSc3ccc4ccccc4c3)[C@H]2SC1. The molecule has 0 spiro atoms. The standard InChI is InChI=1S/C34H42N4O8S2/c1-34(2,3)46-33(44)35-19-27(40)45-17-9-16-38(4,5)15-8-12-24-20-48-31-28(30(41)37(31)29(24)32(42)43)36-26(39)21-47-25-14-13-22-10-6-7-11-23(22)18-25/h6-8,10-14,18,28,31H,9,15-17,19-21H2,1-5H3,(H2-,35,36,39,42,43,44)/t28-,31-/m1/s1. The number of nitrogens with zero attached hydrogens (tertiary/aromatic N) is 2. The number of carboxylic acids is 1. The maximum absolute atomic E-state index is 13.0. The summed E-state index contributed by atoms with van der Waals surface area (Å²) in [5, 5.41) is 18.9. The Morgan fingerprint density at radius 2 is 1.85 bits per heavy atom. The summed E-state index contributed by atoms with van der Waals surface area (Å²) in [6, 6.07) is 13.1. The minimum Gasteiger partial charge on any atom is -0.543 e. The zero-order valence-corrected chi connectivity index (χ0v) is 29.4. The Labute approximate surface area is 288 Å². The van der Waals surface area contributed by atoms with Crippen molar-refractivity contribution in [3.8, 4) is 0 Å². The third-order valence-corrected chi connectivity index (χ3v) is 9.76. The van der Waals surface area contributed by atoms with E-state index in [4.69, 9.17) is 9.47 Å². The van der Waals surface area contributed by atoms with E-state index in [9.17, 15) is 29.1 Å². The average Bonchev–Trinajstić information content (AvgIpc) is 3.02. The summed E-state index contributed by atoms with van der Waals surface area (Å²) in [5.41, 5.74) is -0.374. The molecular weight excluding hydrogens is 657 g/mol. The lowest BCUT2D eigenvalue weighted by Crippen LogP contribution is -2.71. The summed E-state index contributed by atoms with van der Waals surface area (Å²) in [5.74, 6) is -2.33. The van der Waals surface area contributed by atoms with E-state index in [1.165, 1.54) is 28.4 Å². The minimum atomic E-state index is -1.44. The molecule has 48 heavy (non-hydrogen) atoms. The van der Waals surface area contributed by atoms with Gasteiger partial charge in [-0.2, -0.15) is 0 Å². The summed E-state index contributed by atoms with van der Waals surface area (Å²) < 4.78 is 10.8. The second kappa shape index (κ2) is 15.9. The third-order valence-electron chi connectivity index (χ3n) is 7.46. The van der Waals surface area contributed by atoms with Crippen LogP contribution in [-0.4, -0.2) is 108 Å². The Hall–Kier alpha value is -4.01. The molecule has 1 saturated heterocycles. The number of thioether (sulfide) groups is 2. The molecule has 2 N–H and O–H groups in total. The highest BCUT2D eigenvalue weighted by Gasteiger charge is 2.52. The van der Waals surface area contributed by atoms with Gasteiger partial charge in [0.05, 0.1) is 51.2 Å². The first-order valence-corrected chi connectivity index (χ1v) is 17.6. The molecule has 2 heterocycles. The number of quaternary nitrogens is 1. The quantitative estimate of drug-likeness (QED) is 0.0989. The van der Waals surface area contributed by atoms with Gasteiger partial charge >= 0.3 is 12.1 Å². The number of rotatable bonds is 14. The predicted molar refractivity (Wildman–Crippen MR) is 183 cm³/mol. The molecule has 3 amide bonds. The fourth-order valence-corrected chi connectivity index (χ4v) is 7.22. The zero-order chi connectivity index (χ0) is 35.1. The van der Waals surface area contributed by atoms with Crippen LogP contribution in [-0.2, 0) is 28.7 Å². The maximum atomic E-state index is 13.0. The molecular formula is C34H42N4O8S2. The summed E-state index contributed by atoms with van der Waals surface area (Å²) in [6.45, 7) is 6.27. The number of carbonyl (C=O) groups is 5. The van der Waals surface area contributed by atoms with E-state index in [1.807, 2.05) is 62.6 Å². The highest BCUT2D eigenvalue weighted by molar-refractivity contribution is 8.00. The molecule has 1 fully saturated rings. The first kappa shape index (κ1) is 36.8. The van der Waals surface area contributed by atoms with E-state index in [-0.39, 0.29) is 30.5 Å². The molecule has 0 aliphatic carbocycles. The summed E-state index contributed by atoms with van der Waals surface area (Å²) >= 11 is 2.76. The van der Waals surface area contributed by atoms with Crippen LogP contribution in [0.15, 0.2) is 70.8 Å². The van der Waals surface area contributed by atoms with Crippen molar-refractivity contribution in [3.05, 3.63) is 65.9 Å². The molecule has 2 aromatic rings. The van der Waals surface area contributed by atoms with Gasteiger partial charge in [0, 0.05) is 17.1 Å². The molecule has 2 aromatic carbocycles. The van der Waals surface area contributed by atoms with E-state index < -0.39 is 41.0 Å². The molecule has 2 atom stereocenters. The Balaban J connectivity index is 1.22. The Kier molecular flexibility index (Phi) is 12.2.